The molecule has 2 unspecified atom stereocenters. The molecule has 1 saturated carbocycles. The lowest BCUT2D eigenvalue weighted by atomic mass is 9.82. The molecule has 3 fully saturated rings. The van der Waals surface area contributed by atoms with Crippen molar-refractivity contribution >= 4 is 53.4 Å². The summed E-state index contributed by atoms with van der Waals surface area (Å²) in [6.07, 6.45) is 7.93. The molecule has 1 aliphatic carbocycles. The summed E-state index contributed by atoms with van der Waals surface area (Å²) in [5.41, 5.74) is 4.19. The maximum absolute atomic E-state index is 13.1. The van der Waals surface area contributed by atoms with Gasteiger partial charge in [0.25, 0.3) is 11.5 Å². The van der Waals surface area contributed by atoms with Crippen molar-refractivity contribution < 1.29 is 14.7 Å². The van der Waals surface area contributed by atoms with Gasteiger partial charge in [-0.1, -0.05) is 25.1 Å². The second kappa shape index (κ2) is 13.1. The van der Waals surface area contributed by atoms with Crippen molar-refractivity contribution in [1.29, 1.82) is 0 Å². The number of hydrogen-bond donors (Lipinski definition) is 4. The summed E-state index contributed by atoms with van der Waals surface area (Å²) in [5, 5.41) is 23.3. The molecular weight excluding hydrogens is 683 g/mol. The van der Waals surface area contributed by atoms with Crippen molar-refractivity contribution in [2.45, 2.75) is 56.7 Å². The summed E-state index contributed by atoms with van der Waals surface area (Å²) < 4.78 is 2.06. The third-order valence-electron chi connectivity index (χ3n) is 11.3. The lowest BCUT2D eigenvalue weighted by molar-refractivity contribution is -0.117. The van der Waals surface area contributed by atoms with E-state index in [2.05, 4.69) is 55.2 Å². The molecule has 3 aliphatic heterocycles. The molecule has 0 bridgehead atoms. The van der Waals surface area contributed by atoms with Gasteiger partial charge < -0.3 is 30.5 Å². The largest absolute Gasteiger partial charge is 0.379 e. The Morgan fingerprint density at radius 3 is 2.57 bits per heavy atom. The quantitative estimate of drug-likeness (QED) is 0.162. The van der Waals surface area contributed by atoms with Crippen LogP contribution in [-0.4, -0.2) is 92.5 Å². The summed E-state index contributed by atoms with van der Waals surface area (Å²) in [6.45, 7) is 4.43. The molecule has 4 aliphatic rings. The Kier molecular flexibility index (Phi) is 8.30. The smallest absolute Gasteiger partial charge is 0.272 e. The van der Waals surface area contributed by atoms with E-state index in [1.54, 1.807) is 46.3 Å². The molecule has 4 N–H and O–H groups in total. The molecule has 2 atom stereocenters. The highest BCUT2D eigenvalue weighted by Gasteiger charge is 2.44. The number of aromatic amines is 1. The van der Waals surface area contributed by atoms with Crippen molar-refractivity contribution in [1.82, 2.24) is 34.5 Å². The first-order valence-corrected chi connectivity index (χ1v) is 18.7. The maximum Gasteiger partial charge on any atom is 0.272 e. The summed E-state index contributed by atoms with van der Waals surface area (Å²) >= 11 is 0. The zero-order valence-corrected chi connectivity index (χ0v) is 30.2. The van der Waals surface area contributed by atoms with E-state index in [-0.39, 0.29) is 46.8 Å². The number of aromatic nitrogens is 5. The van der Waals surface area contributed by atoms with Gasteiger partial charge in [0.2, 0.25) is 5.91 Å². The van der Waals surface area contributed by atoms with Gasteiger partial charge in [0.05, 0.1) is 57.6 Å². The van der Waals surface area contributed by atoms with Crippen molar-refractivity contribution in [2.75, 3.05) is 48.8 Å². The van der Waals surface area contributed by atoms with E-state index in [1.165, 1.54) is 0 Å². The Morgan fingerprint density at radius 2 is 1.81 bits per heavy atom. The average Bonchev–Trinajstić information content (AvgIpc) is 3.69. The second-order valence-corrected chi connectivity index (χ2v) is 14.8. The molecule has 14 nitrogen and oxygen atoms in total. The van der Waals surface area contributed by atoms with Crippen molar-refractivity contribution in [3.8, 4) is 11.1 Å². The van der Waals surface area contributed by atoms with Gasteiger partial charge in [-0.25, -0.2) is 9.97 Å². The molecule has 9 rings (SSSR count). The molecule has 2 radical (unpaired) electrons. The predicted molar refractivity (Wildman–Crippen MR) is 206 cm³/mol. The SMILES string of the molecule is [B]C(O)(c1cccc(C(=O)N2CCCC2)n1)N1CC(n2ncc3c2C(CC)N(C)c2c(Nc4cc(NC(=O)C5CC5)nc5cc[nH]c(=O)c45)cccc2-3)C1. The van der Waals surface area contributed by atoms with Gasteiger partial charge in [-0.3, -0.25) is 24.0 Å². The summed E-state index contributed by atoms with van der Waals surface area (Å²) in [4.78, 5) is 56.4. The third kappa shape index (κ3) is 5.73. The Labute approximate surface area is 313 Å². The van der Waals surface area contributed by atoms with Crippen LogP contribution in [0, 0.1) is 5.92 Å². The Balaban J connectivity index is 1.00. The number of H-pyrrole nitrogens is 1. The Morgan fingerprint density at radius 1 is 1.04 bits per heavy atom. The van der Waals surface area contributed by atoms with E-state index in [0.29, 0.717) is 48.6 Å². The molecule has 274 valence electrons. The molecule has 0 spiro atoms. The Bertz CT molecular complexity index is 2360. The monoisotopic (exact) mass is 724 g/mol. The van der Waals surface area contributed by atoms with Gasteiger partial charge in [0.15, 0.2) is 0 Å². The van der Waals surface area contributed by atoms with Crippen molar-refractivity contribution in [3.05, 3.63) is 88.4 Å². The first-order valence-electron chi connectivity index (χ1n) is 18.7. The number of anilines is 4. The second-order valence-electron chi connectivity index (χ2n) is 14.8. The number of rotatable bonds is 9. The Hall–Kier alpha value is -5.54. The molecular formula is C39H41BN10O4. The van der Waals surface area contributed by atoms with Crippen LogP contribution < -0.4 is 21.1 Å². The minimum atomic E-state index is -1.86. The fourth-order valence-electron chi connectivity index (χ4n) is 8.22. The first-order chi connectivity index (χ1) is 26.1. The van der Waals surface area contributed by atoms with Crippen LogP contribution >= 0.6 is 0 Å². The third-order valence-corrected chi connectivity index (χ3v) is 11.3. The van der Waals surface area contributed by atoms with Crippen LogP contribution in [0.2, 0.25) is 0 Å². The van der Waals surface area contributed by atoms with Crippen LogP contribution in [0.5, 0.6) is 0 Å². The van der Waals surface area contributed by atoms with Crippen LogP contribution in [0.15, 0.2) is 65.7 Å². The number of pyridine rings is 3. The number of carbonyl (C=O) groups is 2. The number of nitrogens with zero attached hydrogens (tertiary/aromatic N) is 7. The zero-order chi connectivity index (χ0) is 37.3. The van der Waals surface area contributed by atoms with Crippen LogP contribution in [0.25, 0.3) is 22.0 Å². The van der Waals surface area contributed by atoms with Gasteiger partial charge in [-0.05, 0) is 56.4 Å². The predicted octanol–water partition coefficient (Wildman–Crippen LogP) is 4.24. The number of likely N-dealkylation sites (tertiary alicyclic amines) is 2. The highest BCUT2D eigenvalue weighted by Crippen LogP contribution is 2.50. The number of aliphatic hydroxyl groups is 1. The van der Waals surface area contributed by atoms with Gasteiger partial charge in [0.1, 0.15) is 25.0 Å². The van der Waals surface area contributed by atoms with Crippen molar-refractivity contribution in [2.24, 2.45) is 5.92 Å². The highest BCUT2D eigenvalue weighted by molar-refractivity contribution is 6.14. The van der Waals surface area contributed by atoms with E-state index >= 15 is 0 Å². The lowest BCUT2D eigenvalue weighted by Gasteiger charge is -2.49. The highest BCUT2D eigenvalue weighted by atomic mass is 16.3. The summed E-state index contributed by atoms with van der Waals surface area (Å²) in [6, 6.07) is 14.4. The number of carbonyl (C=O) groups excluding carboxylic acids is 2. The molecule has 1 aromatic carbocycles. The van der Waals surface area contributed by atoms with Gasteiger partial charge in [-0.15, -0.1) is 0 Å². The van der Waals surface area contributed by atoms with E-state index in [0.717, 1.165) is 60.3 Å². The topological polar surface area (TPSA) is 165 Å². The van der Waals surface area contributed by atoms with Crippen LogP contribution in [0.1, 0.15) is 73.0 Å². The van der Waals surface area contributed by atoms with E-state index in [1.807, 2.05) is 18.3 Å². The van der Waals surface area contributed by atoms with E-state index < -0.39 is 5.62 Å². The number of benzene rings is 1. The zero-order valence-electron chi connectivity index (χ0n) is 30.2. The molecule has 2 amide bonds. The summed E-state index contributed by atoms with van der Waals surface area (Å²) in [5.74, 6) is 0.182. The van der Waals surface area contributed by atoms with Crippen LogP contribution in [-0.2, 0) is 10.4 Å². The number of fused-ring (bicyclic) bond motifs is 4. The normalized spacial score (nSPS) is 19.6. The number of para-hydroxylation sites is 1. The van der Waals surface area contributed by atoms with Crippen molar-refractivity contribution in [3.63, 3.8) is 0 Å². The molecule has 4 aromatic heterocycles. The molecule has 7 heterocycles. The number of nitrogens with one attached hydrogen (secondary N) is 3. The fraction of sp³-hybridized carbons (Fsp3) is 0.385. The van der Waals surface area contributed by atoms with Crippen LogP contribution in [0.4, 0.5) is 22.9 Å². The number of hydrogen-bond acceptors (Lipinski definition) is 10. The molecule has 54 heavy (non-hydrogen) atoms. The first kappa shape index (κ1) is 34.2. The van der Waals surface area contributed by atoms with Gasteiger partial charge >= 0.3 is 0 Å². The molecule has 15 heteroatoms. The number of amides is 2. The van der Waals surface area contributed by atoms with Gasteiger partial charge in [0, 0.05) is 62.5 Å². The minimum Gasteiger partial charge on any atom is -0.379 e. The molecule has 2 saturated heterocycles. The summed E-state index contributed by atoms with van der Waals surface area (Å²) in [7, 11) is 8.59. The molecule has 5 aromatic rings. The van der Waals surface area contributed by atoms with E-state index in [9.17, 15) is 19.5 Å². The fourth-order valence-corrected chi connectivity index (χ4v) is 8.22. The maximum atomic E-state index is 13.1. The van der Waals surface area contributed by atoms with Gasteiger partial charge in [-0.2, -0.15) is 5.10 Å². The lowest BCUT2D eigenvalue weighted by Crippen LogP contribution is -2.59. The van der Waals surface area contributed by atoms with E-state index in [4.69, 9.17) is 12.9 Å². The average molecular weight is 725 g/mol. The minimum absolute atomic E-state index is 0.00368. The van der Waals surface area contributed by atoms with Crippen LogP contribution in [0.3, 0.4) is 0 Å². The standard InChI is InChI=1S/C39H41BN10O4/c1-3-30-35-25(19-42-50(35)23-20-49(21-23)39(40,54)31-11-7-10-28(44-31)38(53)48-16-4-5-17-48)24-8-6-9-27(34(24)47(30)2)43-29-18-32(46-36(51)22-12-13-22)45-26-14-15-41-37(52)33(26)29/h6-11,14-15,18-19,22-23,30,54H,3-5,12-13,16-17,20-21H2,1-2H3,(H,41,52)(H2,43,45,46,51).